The number of nitrogens with zero attached hydrogens (tertiary/aromatic N) is 2. The maximum absolute atomic E-state index is 13.6. The normalized spacial score (nSPS) is 19.4. The molecule has 0 saturated heterocycles. The first kappa shape index (κ1) is 33.1. The van der Waals surface area contributed by atoms with E-state index >= 15 is 0 Å². The van der Waals surface area contributed by atoms with Crippen LogP contribution in [0.3, 0.4) is 0 Å². The molecule has 0 N–H and O–H groups in total. The van der Waals surface area contributed by atoms with E-state index in [0.29, 0.717) is 6.42 Å². The molecule has 2 aromatic carbocycles. The number of carbonyl (C=O) groups is 2. The molecule has 9 nitrogen and oxygen atoms in total. The number of benzene rings is 2. The quantitative estimate of drug-likeness (QED) is 0.149. The summed E-state index contributed by atoms with van der Waals surface area (Å²) < 4.78 is 29.5. The number of methoxy groups -OCH3 is 1. The van der Waals surface area contributed by atoms with E-state index < -0.39 is 31.7 Å². The summed E-state index contributed by atoms with van der Waals surface area (Å²) in [6, 6.07) is 10.2. The third kappa shape index (κ3) is 7.92. The Morgan fingerprint density at radius 3 is 2.60 bits per heavy atom. The smallest absolute Gasteiger partial charge is 0.311 e. The predicted molar refractivity (Wildman–Crippen MR) is 165 cm³/mol. The summed E-state index contributed by atoms with van der Waals surface area (Å²) in [4.78, 5) is 36.5. The number of ether oxygens (including phenoxy) is 2. The van der Waals surface area contributed by atoms with Crippen molar-refractivity contribution in [1.29, 1.82) is 0 Å². The molecule has 0 spiro atoms. The van der Waals surface area contributed by atoms with Gasteiger partial charge in [-0.25, -0.2) is 4.21 Å². The Morgan fingerprint density at radius 2 is 1.95 bits per heavy atom. The van der Waals surface area contributed by atoms with Gasteiger partial charge in [-0.3, -0.25) is 19.7 Å². The number of carbonyl (C=O) groups excluding carboxylic acids is 2. The molecule has 4 atom stereocenters. The summed E-state index contributed by atoms with van der Waals surface area (Å²) in [6.07, 6.45) is 6.86. The van der Waals surface area contributed by atoms with Crippen molar-refractivity contribution in [2.24, 2.45) is 10.3 Å². The van der Waals surface area contributed by atoms with E-state index in [-0.39, 0.29) is 47.2 Å². The van der Waals surface area contributed by atoms with Crippen LogP contribution in [0, 0.1) is 23.0 Å². The molecule has 0 bridgehead atoms. The fraction of sp³-hybridized carbons (Fsp3) is 0.500. The Hall–Kier alpha value is -3.37. The summed E-state index contributed by atoms with van der Waals surface area (Å²) in [7, 11) is -1.56. The third-order valence-electron chi connectivity index (χ3n) is 7.88. The van der Waals surface area contributed by atoms with E-state index in [1.54, 1.807) is 7.11 Å². The summed E-state index contributed by atoms with van der Waals surface area (Å²) in [5.41, 5.74) is 2.50. The molecule has 1 amide bonds. The number of amides is 1. The van der Waals surface area contributed by atoms with Gasteiger partial charge in [0.05, 0.1) is 31.9 Å². The zero-order valence-electron chi connectivity index (χ0n) is 25.4. The van der Waals surface area contributed by atoms with Crippen LogP contribution in [0.25, 0.3) is 0 Å². The lowest BCUT2D eigenvalue weighted by atomic mass is 9.67. The van der Waals surface area contributed by atoms with E-state index in [9.17, 15) is 23.9 Å². The van der Waals surface area contributed by atoms with Crippen LogP contribution in [-0.2, 0) is 31.1 Å². The molecule has 228 valence electrons. The van der Waals surface area contributed by atoms with Crippen molar-refractivity contribution in [2.45, 2.75) is 71.8 Å². The minimum Gasteiger partial charge on any atom is -0.486 e. The molecular formula is C32H42N2O7S. The number of hydrogen-bond acceptors (Lipinski definition) is 7. The van der Waals surface area contributed by atoms with Gasteiger partial charge in [-0.15, -0.1) is 0 Å². The van der Waals surface area contributed by atoms with E-state index in [1.165, 1.54) is 24.6 Å². The second-order valence-electron chi connectivity index (χ2n) is 11.4. The van der Waals surface area contributed by atoms with Crippen molar-refractivity contribution in [3.8, 4) is 5.75 Å². The van der Waals surface area contributed by atoms with Crippen molar-refractivity contribution in [3.63, 3.8) is 0 Å². The van der Waals surface area contributed by atoms with Crippen LogP contribution in [0.1, 0.15) is 74.0 Å². The SMILES string of the molecule is C/C=C\C[C@H](C)C[S@@](=O)(CC(C)=O)=NC(=O)c1ccc(OC[C@@]2(C(C)OC)CCCc3cc(C)ccc32)c([N+](=O)[O-])c1. The lowest BCUT2D eigenvalue weighted by molar-refractivity contribution is -0.386. The molecule has 10 heteroatoms. The Bertz CT molecular complexity index is 1480. The molecular weight excluding hydrogens is 556 g/mol. The summed E-state index contributed by atoms with van der Waals surface area (Å²) >= 11 is 0. The first-order valence-corrected chi connectivity index (χ1v) is 16.1. The molecule has 42 heavy (non-hydrogen) atoms. The number of rotatable bonds is 13. The summed E-state index contributed by atoms with van der Waals surface area (Å²) in [6.45, 7) is 9.23. The van der Waals surface area contributed by atoms with E-state index in [0.717, 1.165) is 36.5 Å². The van der Waals surface area contributed by atoms with Gasteiger partial charge in [0.15, 0.2) is 5.75 Å². The summed E-state index contributed by atoms with van der Waals surface area (Å²) in [5.74, 6) is -1.57. The van der Waals surface area contributed by atoms with E-state index in [1.807, 2.05) is 39.8 Å². The highest BCUT2D eigenvalue weighted by Crippen LogP contribution is 2.42. The maximum atomic E-state index is 13.6. The van der Waals surface area contributed by atoms with Crippen LogP contribution < -0.4 is 4.74 Å². The zero-order chi connectivity index (χ0) is 31.1. The van der Waals surface area contributed by atoms with Gasteiger partial charge in [0.2, 0.25) is 0 Å². The number of nitro benzene ring substituents is 1. The Labute approximate surface area is 249 Å². The minimum atomic E-state index is -3.21. The second kappa shape index (κ2) is 14.2. The Kier molecular flexibility index (Phi) is 11.2. The molecule has 1 aliphatic carbocycles. The van der Waals surface area contributed by atoms with Gasteiger partial charge in [-0.2, -0.15) is 4.36 Å². The minimum absolute atomic E-state index is 0.0166. The molecule has 0 fully saturated rings. The van der Waals surface area contributed by atoms with Crippen LogP contribution in [0.5, 0.6) is 5.75 Å². The van der Waals surface area contributed by atoms with Crippen molar-refractivity contribution < 1.29 is 28.2 Å². The predicted octanol–water partition coefficient (Wildman–Crippen LogP) is 6.39. The van der Waals surface area contributed by atoms with Gasteiger partial charge in [0, 0.05) is 24.5 Å². The molecule has 1 aliphatic rings. The first-order valence-electron chi connectivity index (χ1n) is 14.3. The van der Waals surface area contributed by atoms with Crippen molar-refractivity contribution in [3.05, 3.63) is 80.9 Å². The first-order chi connectivity index (χ1) is 19.8. The van der Waals surface area contributed by atoms with Gasteiger partial charge in [-0.1, -0.05) is 42.8 Å². The van der Waals surface area contributed by atoms with E-state index in [4.69, 9.17) is 9.47 Å². The largest absolute Gasteiger partial charge is 0.486 e. The average Bonchev–Trinajstić information content (AvgIpc) is 2.93. The topological polar surface area (TPSA) is 125 Å². The van der Waals surface area contributed by atoms with Gasteiger partial charge in [0.25, 0.3) is 5.91 Å². The number of fused-ring (bicyclic) bond motifs is 1. The molecule has 1 unspecified atom stereocenters. The van der Waals surface area contributed by atoms with Gasteiger partial charge in [-0.05, 0) is 82.6 Å². The van der Waals surface area contributed by atoms with Crippen molar-refractivity contribution in [2.75, 3.05) is 25.2 Å². The van der Waals surface area contributed by atoms with Crippen LogP contribution in [-0.4, -0.2) is 52.1 Å². The molecule has 3 rings (SSSR count). The highest BCUT2D eigenvalue weighted by Gasteiger charge is 2.43. The zero-order valence-corrected chi connectivity index (χ0v) is 26.2. The highest BCUT2D eigenvalue weighted by molar-refractivity contribution is 7.94. The van der Waals surface area contributed by atoms with Gasteiger partial charge >= 0.3 is 5.69 Å². The Morgan fingerprint density at radius 1 is 1.21 bits per heavy atom. The number of allylic oxidation sites excluding steroid dienone is 2. The molecule has 0 aromatic heterocycles. The van der Waals surface area contributed by atoms with E-state index in [2.05, 4.69) is 22.6 Å². The molecule has 0 radical (unpaired) electrons. The van der Waals surface area contributed by atoms with Gasteiger partial charge in [0.1, 0.15) is 12.4 Å². The Balaban J connectivity index is 1.95. The van der Waals surface area contributed by atoms with Crippen LogP contribution >= 0.6 is 0 Å². The lowest BCUT2D eigenvalue weighted by Gasteiger charge is -2.42. The number of hydrogen-bond donors (Lipinski definition) is 0. The number of nitro groups is 1. The van der Waals surface area contributed by atoms with Crippen molar-refractivity contribution >= 4 is 27.1 Å². The average molecular weight is 599 g/mol. The highest BCUT2D eigenvalue weighted by atomic mass is 32.2. The van der Waals surface area contributed by atoms with Crippen molar-refractivity contribution in [1.82, 2.24) is 0 Å². The summed E-state index contributed by atoms with van der Waals surface area (Å²) in [5, 5.41) is 12.1. The van der Waals surface area contributed by atoms with Crippen LogP contribution in [0.2, 0.25) is 0 Å². The molecule has 0 aliphatic heterocycles. The monoisotopic (exact) mass is 598 g/mol. The van der Waals surface area contributed by atoms with Gasteiger partial charge < -0.3 is 9.47 Å². The molecule has 0 heterocycles. The number of aryl methyl sites for hydroxylation is 2. The molecule has 0 saturated carbocycles. The van der Waals surface area contributed by atoms with Crippen LogP contribution in [0.4, 0.5) is 5.69 Å². The number of Topliss-reactive ketones (excluding diaryl/α,β-unsaturated/α-hetero) is 1. The second-order valence-corrected chi connectivity index (χ2v) is 13.7. The lowest BCUT2D eigenvalue weighted by Crippen LogP contribution is -2.46. The van der Waals surface area contributed by atoms with Crippen LogP contribution in [0.15, 0.2) is 52.9 Å². The standard InChI is InChI=1S/C32H42N2O7S/c1-7-8-10-23(3)19-42(39,20-24(4)35)33-31(36)27-13-15-30(29(18-27)34(37)38)41-21-32(25(5)40-6)16-9-11-26-17-22(2)12-14-28(26)32/h7-8,12-15,17-18,23,25H,9-11,16,19-21H2,1-6H3/b8-7-/t23-,25?,32+,42+/m0/s1. The molecule has 2 aromatic rings. The fourth-order valence-electron chi connectivity index (χ4n) is 5.71. The fourth-order valence-corrected chi connectivity index (χ4v) is 8.04. The number of ketones is 1. The third-order valence-corrected chi connectivity index (χ3v) is 10.3. The maximum Gasteiger partial charge on any atom is 0.311 e.